The first-order valence-corrected chi connectivity index (χ1v) is 8.63. The number of nitrogens with zero attached hydrogens (tertiary/aromatic N) is 1. The summed E-state index contributed by atoms with van der Waals surface area (Å²) in [6.07, 6.45) is 6.73. The van der Waals surface area contributed by atoms with Crippen LogP contribution in [0.5, 0.6) is 0 Å². The van der Waals surface area contributed by atoms with E-state index >= 15 is 0 Å². The zero-order chi connectivity index (χ0) is 13.7. The molecule has 108 valence electrons. The Hall–Kier alpha value is 0.1000. The highest BCUT2D eigenvalue weighted by atomic mass is 127. The van der Waals surface area contributed by atoms with E-state index in [4.69, 9.17) is 19.8 Å². The summed E-state index contributed by atoms with van der Waals surface area (Å²) >= 11 is 2.39. The number of ether oxygens (including phenoxy) is 2. The van der Waals surface area contributed by atoms with Crippen molar-refractivity contribution in [3.63, 3.8) is 0 Å². The highest BCUT2D eigenvalue weighted by Crippen LogP contribution is 2.44. The second-order valence-corrected chi connectivity index (χ2v) is 6.29. The van der Waals surface area contributed by atoms with Crippen LogP contribution in [0.2, 0.25) is 0 Å². The monoisotopic (exact) mass is 379 g/mol. The largest absolute Gasteiger partial charge is 0.396 e. The van der Waals surface area contributed by atoms with E-state index in [1.807, 2.05) is 0 Å². The highest BCUT2D eigenvalue weighted by Gasteiger charge is 2.51. The minimum atomic E-state index is -0.154. The molecule has 2 saturated heterocycles. The van der Waals surface area contributed by atoms with Crippen LogP contribution in [0.15, 0.2) is 0 Å². The van der Waals surface area contributed by atoms with Gasteiger partial charge in [0.2, 0.25) is 0 Å². The van der Waals surface area contributed by atoms with Crippen molar-refractivity contribution in [1.82, 2.24) is 0 Å². The zero-order valence-electron chi connectivity index (χ0n) is 11.2. The van der Waals surface area contributed by atoms with Crippen LogP contribution in [0.3, 0.4) is 0 Å². The molecule has 2 fully saturated rings. The third kappa shape index (κ3) is 3.60. The fourth-order valence-corrected chi connectivity index (χ4v) is 4.18. The van der Waals surface area contributed by atoms with Gasteiger partial charge in [-0.1, -0.05) is 22.6 Å². The van der Waals surface area contributed by atoms with Crippen LogP contribution in [0.1, 0.15) is 44.9 Å². The van der Waals surface area contributed by atoms with Gasteiger partial charge in [-0.05, 0) is 32.1 Å². The van der Waals surface area contributed by atoms with E-state index in [-0.39, 0.29) is 30.5 Å². The summed E-state index contributed by atoms with van der Waals surface area (Å²) < 4.78 is 13.4. The molecule has 19 heavy (non-hydrogen) atoms. The predicted octanol–water partition coefficient (Wildman–Crippen LogP) is 2.57. The molecule has 4 atom stereocenters. The standard InChI is InChI=1S/C14H22INO3/c15-10-14-9-12(4-2-8-17)18-13(14)6-5-11(19-14)3-1-7-16/h11-13,17H,1-6,8-10H2/t11?,12-,13?,14?/m0/s1. The van der Waals surface area contributed by atoms with Crippen molar-refractivity contribution in [1.29, 1.82) is 5.26 Å². The SMILES string of the molecule is N#CCCC1CCC2O[C@@H](CCCO)CC2(CI)O1. The molecule has 4 nitrogen and oxygen atoms in total. The van der Waals surface area contributed by atoms with Gasteiger partial charge in [0.05, 0.1) is 24.4 Å². The molecule has 0 saturated carbocycles. The number of aliphatic hydroxyl groups is 1. The van der Waals surface area contributed by atoms with Gasteiger partial charge >= 0.3 is 0 Å². The molecule has 2 rings (SSSR count). The maximum absolute atomic E-state index is 8.93. The fourth-order valence-electron chi connectivity index (χ4n) is 3.19. The summed E-state index contributed by atoms with van der Waals surface area (Å²) in [7, 11) is 0. The number of aliphatic hydroxyl groups excluding tert-OH is 1. The lowest BCUT2D eigenvalue weighted by molar-refractivity contribution is -0.153. The molecule has 0 bridgehead atoms. The minimum absolute atomic E-state index is 0.154. The summed E-state index contributed by atoms with van der Waals surface area (Å²) in [5, 5.41) is 17.6. The van der Waals surface area contributed by atoms with Gasteiger partial charge in [0, 0.05) is 23.9 Å². The number of hydrogen-bond acceptors (Lipinski definition) is 4. The van der Waals surface area contributed by atoms with Crippen LogP contribution in [0, 0.1) is 11.3 Å². The molecule has 0 aromatic heterocycles. The van der Waals surface area contributed by atoms with Gasteiger partial charge < -0.3 is 14.6 Å². The summed E-state index contributed by atoms with van der Waals surface area (Å²) in [4.78, 5) is 0. The molecule has 3 unspecified atom stereocenters. The van der Waals surface area contributed by atoms with Gasteiger partial charge in [0.1, 0.15) is 5.60 Å². The molecule has 0 spiro atoms. The molecule has 1 N–H and O–H groups in total. The summed E-state index contributed by atoms with van der Waals surface area (Å²) in [5.41, 5.74) is -0.154. The Morgan fingerprint density at radius 2 is 2.16 bits per heavy atom. The molecule has 0 radical (unpaired) electrons. The van der Waals surface area contributed by atoms with Crippen LogP contribution in [0.4, 0.5) is 0 Å². The fraction of sp³-hybridized carbons (Fsp3) is 0.929. The third-order valence-corrected chi connectivity index (χ3v) is 5.45. The van der Waals surface area contributed by atoms with E-state index in [1.165, 1.54) is 0 Å². The van der Waals surface area contributed by atoms with E-state index in [1.54, 1.807) is 0 Å². The van der Waals surface area contributed by atoms with Crippen molar-refractivity contribution >= 4 is 22.6 Å². The van der Waals surface area contributed by atoms with Crippen molar-refractivity contribution in [2.75, 3.05) is 11.0 Å². The van der Waals surface area contributed by atoms with Crippen molar-refractivity contribution in [2.24, 2.45) is 0 Å². The summed E-state index contributed by atoms with van der Waals surface area (Å²) in [6, 6.07) is 2.20. The molecule has 0 aliphatic carbocycles. The lowest BCUT2D eigenvalue weighted by Gasteiger charge is -2.41. The molecule has 2 aliphatic heterocycles. The van der Waals surface area contributed by atoms with Crippen LogP contribution >= 0.6 is 22.6 Å². The number of hydrogen-bond donors (Lipinski definition) is 1. The van der Waals surface area contributed by atoms with Crippen LogP contribution in [-0.2, 0) is 9.47 Å². The molecule has 2 heterocycles. The van der Waals surface area contributed by atoms with Gasteiger partial charge in [0.25, 0.3) is 0 Å². The van der Waals surface area contributed by atoms with E-state index in [9.17, 15) is 0 Å². The topological polar surface area (TPSA) is 62.5 Å². The van der Waals surface area contributed by atoms with Gasteiger partial charge in [-0.3, -0.25) is 0 Å². The molecule has 0 aromatic carbocycles. The number of alkyl halides is 1. The van der Waals surface area contributed by atoms with Crippen LogP contribution < -0.4 is 0 Å². The molecular formula is C14H22INO3. The Bertz CT molecular complexity index is 333. The van der Waals surface area contributed by atoms with Crippen LogP contribution in [0.25, 0.3) is 0 Å². The predicted molar refractivity (Wildman–Crippen MR) is 80.2 cm³/mol. The molecule has 0 aromatic rings. The number of nitriles is 1. The number of fused-ring (bicyclic) bond motifs is 1. The Labute approximate surface area is 128 Å². The van der Waals surface area contributed by atoms with E-state index in [0.29, 0.717) is 6.42 Å². The van der Waals surface area contributed by atoms with Gasteiger partial charge in [-0.25, -0.2) is 0 Å². The average Bonchev–Trinajstić information content (AvgIpc) is 2.81. The Morgan fingerprint density at radius 3 is 2.84 bits per heavy atom. The first-order chi connectivity index (χ1) is 9.24. The van der Waals surface area contributed by atoms with Gasteiger partial charge in [-0.15, -0.1) is 0 Å². The molecule has 5 heteroatoms. The quantitative estimate of drug-likeness (QED) is 0.569. The average molecular weight is 379 g/mol. The Morgan fingerprint density at radius 1 is 1.32 bits per heavy atom. The second kappa shape index (κ2) is 7.21. The van der Waals surface area contributed by atoms with Crippen molar-refractivity contribution in [3.05, 3.63) is 0 Å². The first kappa shape index (κ1) is 15.5. The van der Waals surface area contributed by atoms with E-state index in [2.05, 4.69) is 28.7 Å². The van der Waals surface area contributed by atoms with Crippen molar-refractivity contribution in [2.45, 2.75) is 68.9 Å². The molecular weight excluding hydrogens is 357 g/mol. The van der Waals surface area contributed by atoms with Gasteiger partial charge in [0.15, 0.2) is 0 Å². The Balaban J connectivity index is 1.95. The molecule has 0 amide bonds. The van der Waals surface area contributed by atoms with Crippen molar-refractivity contribution in [3.8, 4) is 6.07 Å². The number of rotatable bonds is 6. The summed E-state index contributed by atoms with van der Waals surface area (Å²) in [5.74, 6) is 0. The smallest absolute Gasteiger partial charge is 0.106 e. The summed E-state index contributed by atoms with van der Waals surface area (Å²) in [6.45, 7) is 0.230. The Kier molecular flexibility index (Phi) is 5.87. The maximum atomic E-state index is 8.93. The number of halogens is 1. The van der Waals surface area contributed by atoms with E-state index < -0.39 is 0 Å². The lowest BCUT2D eigenvalue weighted by atomic mass is 9.87. The van der Waals surface area contributed by atoms with Crippen molar-refractivity contribution < 1.29 is 14.6 Å². The van der Waals surface area contributed by atoms with E-state index in [0.717, 1.165) is 43.0 Å². The highest BCUT2D eigenvalue weighted by molar-refractivity contribution is 14.1. The normalized spacial score (nSPS) is 37.8. The maximum Gasteiger partial charge on any atom is 0.106 e. The zero-order valence-corrected chi connectivity index (χ0v) is 13.3. The third-order valence-electron chi connectivity index (χ3n) is 4.16. The van der Waals surface area contributed by atoms with Gasteiger partial charge in [-0.2, -0.15) is 5.26 Å². The van der Waals surface area contributed by atoms with Crippen LogP contribution in [-0.4, -0.2) is 40.1 Å². The minimum Gasteiger partial charge on any atom is -0.396 e. The first-order valence-electron chi connectivity index (χ1n) is 7.11. The molecule has 2 aliphatic rings. The second-order valence-electron chi connectivity index (χ2n) is 5.53. The lowest BCUT2D eigenvalue weighted by Crippen LogP contribution is -2.49.